The summed E-state index contributed by atoms with van der Waals surface area (Å²) in [6, 6.07) is 7.61. The Bertz CT molecular complexity index is 379. The van der Waals surface area contributed by atoms with E-state index in [0.29, 0.717) is 6.54 Å². The maximum absolute atomic E-state index is 11.1. The van der Waals surface area contributed by atoms with E-state index in [1.165, 1.54) is 0 Å². The molecule has 0 bridgehead atoms. The Kier molecular flexibility index (Phi) is 6.92. The van der Waals surface area contributed by atoms with E-state index in [1.807, 2.05) is 29.2 Å². The molecule has 1 rings (SSSR count). The third kappa shape index (κ3) is 6.79. The lowest BCUT2D eigenvalue weighted by atomic mass is 10.1. The summed E-state index contributed by atoms with van der Waals surface area (Å²) in [5.41, 5.74) is 12.7. The highest BCUT2D eigenvalue weighted by Gasteiger charge is 2.08. The van der Waals surface area contributed by atoms with Crippen LogP contribution in [0.15, 0.2) is 24.3 Å². The fourth-order valence-electron chi connectivity index (χ4n) is 1.94. The van der Waals surface area contributed by atoms with Crippen molar-refractivity contribution in [2.45, 2.75) is 25.8 Å². The van der Waals surface area contributed by atoms with Crippen LogP contribution in [-0.4, -0.2) is 35.6 Å². The van der Waals surface area contributed by atoms with Crippen LogP contribution < -0.4 is 11.5 Å². The van der Waals surface area contributed by atoms with Crippen molar-refractivity contribution in [2.75, 3.05) is 25.4 Å². The minimum absolute atomic E-state index is 0.216. The van der Waals surface area contributed by atoms with E-state index in [2.05, 4.69) is 0 Å². The molecule has 19 heavy (non-hydrogen) atoms. The highest BCUT2D eigenvalue weighted by atomic mass is 16.2. The van der Waals surface area contributed by atoms with E-state index < -0.39 is 0 Å². The number of primary amides is 1. The van der Waals surface area contributed by atoms with Crippen LogP contribution >= 0.6 is 0 Å². The lowest BCUT2D eigenvalue weighted by Gasteiger charge is -2.20. The molecule has 0 aliphatic rings. The number of unbranched alkanes of at least 4 members (excludes halogenated alkanes) is 2. The monoisotopic (exact) mass is 265 g/mol. The van der Waals surface area contributed by atoms with Crippen LogP contribution in [0.1, 0.15) is 24.8 Å². The average Bonchev–Trinajstić information content (AvgIpc) is 2.36. The van der Waals surface area contributed by atoms with Gasteiger partial charge in [0.05, 0.1) is 6.54 Å². The minimum Gasteiger partial charge on any atom is -0.399 e. The second-order valence-electron chi connectivity index (χ2n) is 4.70. The van der Waals surface area contributed by atoms with Crippen LogP contribution in [0.2, 0.25) is 0 Å². The standard InChI is InChI=1S/C14H23N3O2/c15-13-6-4-12(5-7-13)10-17(11-14(16)19)8-2-1-3-9-18/h4-7,18H,1-3,8-11,15H2,(H2,16,19). The van der Waals surface area contributed by atoms with E-state index in [4.69, 9.17) is 16.6 Å². The van der Waals surface area contributed by atoms with Crippen molar-refractivity contribution < 1.29 is 9.90 Å². The second-order valence-corrected chi connectivity index (χ2v) is 4.70. The first-order valence-corrected chi connectivity index (χ1v) is 6.57. The molecule has 0 aliphatic heterocycles. The second kappa shape index (κ2) is 8.50. The number of nitrogens with two attached hydrogens (primary N) is 2. The molecule has 0 heterocycles. The van der Waals surface area contributed by atoms with Gasteiger partial charge in [0, 0.05) is 18.8 Å². The number of carbonyl (C=O) groups excluding carboxylic acids is 1. The maximum atomic E-state index is 11.1. The zero-order valence-electron chi connectivity index (χ0n) is 11.2. The van der Waals surface area contributed by atoms with Gasteiger partial charge in [0.25, 0.3) is 0 Å². The summed E-state index contributed by atoms with van der Waals surface area (Å²) < 4.78 is 0. The van der Waals surface area contributed by atoms with Crippen LogP contribution in [0, 0.1) is 0 Å². The molecule has 0 aliphatic carbocycles. The van der Waals surface area contributed by atoms with E-state index in [9.17, 15) is 4.79 Å². The minimum atomic E-state index is -0.322. The van der Waals surface area contributed by atoms with Crippen LogP contribution in [-0.2, 0) is 11.3 Å². The van der Waals surface area contributed by atoms with Gasteiger partial charge in [-0.15, -0.1) is 0 Å². The molecule has 1 aromatic rings. The molecular formula is C14H23N3O2. The number of aliphatic hydroxyl groups excluding tert-OH is 1. The maximum Gasteiger partial charge on any atom is 0.231 e. The number of benzene rings is 1. The summed E-state index contributed by atoms with van der Waals surface area (Å²) in [4.78, 5) is 13.1. The third-order valence-corrected chi connectivity index (χ3v) is 2.90. The molecule has 5 heteroatoms. The van der Waals surface area contributed by atoms with Crippen LogP contribution in [0.4, 0.5) is 5.69 Å². The van der Waals surface area contributed by atoms with Crippen molar-refractivity contribution in [3.63, 3.8) is 0 Å². The van der Waals surface area contributed by atoms with Crippen molar-refractivity contribution in [3.05, 3.63) is 29.8 Å². The van der Waals surface area contributed by atoms with Gasteiger partial charge < -0.3 is 16.6 Å². The first-order valence-electron chi connectivity index (χ1n) is 6.57. The van der Waals surface area contributed by atoms with Gasteiger partial charge >= 0.3 is 0 Å². The van der Waals surface area contributed by atoms with Gasteiger partial charge in [0.15, 0.2) is 0 Å². The molecule has 0 spiro atoms. The summed E-state index contributed by atoms with van der Waals surface area (Å²) >= 11 is 0. The van der Waals surface area contributed by atoms with E-state index in [-0.39, 0.29) is 19.1 Å². The first-order chi connectivity index (χ1) is 9.11. The molecule has 106 valence electrons. The number of hydrogen-bond acceptors (Lipinski definition) is 4. The SMILES string of the molecule is NC(=O)CN(CCCCCO)Cc1ccc(N)cc1. The number of nitrogen functional groups attached to an aromatic ring is 1. The van der Waals surface area contributed by atoms with E-state index >= 15 is 0 Å². The van der Waals surface area contributed by atoms with Crippen molar-refractivity contribution >= 4 is 11.6 Å². The Morgan fingerprint density at radius 2 is 1.84 bits per heavy atom. The molecule has 5 N–H and O–H groups in total. The highest BCUT2D eigenvalue weighted by molar-refractivity contribution is 5.75. The molecule has 5 nitrogen and oxygen atoms in total. The molecule has 0 radical (unpaired) electrons. The number of hydrogen-bond donors (Lipinski definition) is 3. The molecule has 1 aromatic carbocycles. The molecular weight excluding hydrogens is 242 g/mol. The summed E-state index contributed by atoms with van der Waals surface area (Å²) in [7, 11) is 0. The van der Waals surface area contributed by atoms with Gasteiger partial charge in [-0.25, -0.2) is 0 Å². The fourth-order valence-corrected chi connectivity index (χ4v) is 1.94. The van der Waals surface area contributed by atoms with Gasteiger partial charge in [-0.05, 0) is 43.5 Å². The average molecular weight is 265 g/mol. The Labute approximate surface area is 114 Å². The Balaban J connectivity index is 2.48. The molecule has 0 fully saturated rings. The van der Waals surface area contributed by atoms with Crippen molar-refractivity contribution in [1.82, 2.24) is 4.90 Å². The Morgan fingerprint density at radius 1 is 1.16 bits per heavy atom. The van der Waals surface area contributed by atoms with Gasteiger partial charge in [0.1, 0.15) is 0 Å². The smallest absolute Gasteiger partial charge is 0.231 e. The molecule has 0 unspecified atom stereocenters. The number of rotatable bonds is 9. The summed E-state index contributed by atoms with van der Waals surface area (Å²) in [6.45, 7) is 1.95. The highest BCUT2D eigenvalue weighted by Crippen LogP contribution is 2.09. The first kappa shape index (κ1) is 15.5. The molecule has 0 saturated heterocycles. The zero-order valence-corrected chi connectivity index (χ0v) is 11.2. The normalized spacial score (nSPS) is 10.8. The van der Waals surface area contributed by atoms with E-state index in [1.54, 1.807) is 0 Å². The van der Waals surface area contributed by atoms with Gasteiger partial charge in [-0.1, -0.05) is 12.1 Å². The van der Waals surface area contributed by atoms with Crippen LogP contribution in [0.5, 0.6) is 0 Å². The molecule has 1 amide bonds. The van der Waals surface area contributed by atoms with Crippen LogP contribution in [0.3, 0.4) is 0 Å². The van der Waals surface area contributed by atoms with Crippen molar-refractivity contribution in [3.8, 4) is 0 Å². The molecule has 0 atom stereocenters. The quantitative estimate of drug-likeness (QED) is 0.453. The number of nitrogens with zero attached hydrogens (tertiary/aromatic N) is 1. The molecule has 0 saturated carbocycles. The Hall–Kier alpha value is -1.59. The van der Waals surface area contributed by atoms with Gasteiger partial charge in [-0.3, -0.25) is 9.69 Å². The summed E-state index contributed by atoms with van der Waals surface area (Å²) in [6.07, 6.45) is 2.70. The van der Waals surface area contributed by atoms with Gasteiger partial charge in [-0.2, -0.15) is 0 Å². The largest absolute Gasteiger partial charge is 0.399 e. The lowest BCUT2D eigenvalue weighted by molar-refractivity contribution is -0.119. The predicted octanol–water partition coefficient (Wildman–Crippen LogP) is 0.719. The molecule has 0 aromatic heterocycles. The fraction of sp³-hybridized carbons (Fsp3) is 0.500. The lowest BCUT2D eigenvalue weighted by Crippen LogP contribution is -2.34. The van der Waals surface area contributed by atoms with Crippen LogP contribution in [0.25, 0.3) is 0 Å². The topological polar surface area (TPSA) is 92.6 Å². The van der Waals surface area contributed by atoms with Crippen molar-refractivity contribution in [2.24, 2.45) is 5.73 Å². The Morgan fingerprint density at radius 3 is 2.42 bits per heavy atom. The van der Waals surface area contributed by atoms with Crippen molar-refractivity contribution in [1.29, 1.82) is 0 Å². The predicted molar refractivity (Wildman–Crippen MR) is 76.3 cm³/mol. The number of carbonyl (C=O) groups is 1. The number of aliphatic hydroxyl groups is 1. The van der Waals surface area contributed by atoms with E-state index in [0.717, 1.165) is 37.1 Å². The summed E-state index contributed by atoms with van der Waals surface area (Å²) in [5, 5.41) is 8.74. The number of anilines is 1. The third-order valence-electron chi connectivity index (χ3n) is 2.90. The number of amides is 1. The van der Waals surface area contributed by atoms with Gasteiger partial charge in [0.2, 0.25) is 5.91 Å². The zero-order chi connectivity index (χ0) is 14.1. The summed E-state index contributed by atoms with van der Waals surface area (Å²) in [5.74, 6) is -0.322.